The normalized spacial score (nSPS) is 19.5. The molecular formula is C42H40F2N6O6S2. The molecule has 0 aliphatic carbocycles. The fourth-order valence-electron chi connectivity index (χ4n) is 6.99. The molecule has 0 saturated carbocycles. The number of benzene rings is 3. The van der Waals surface area contributed by atoms with Crippen molar-refractivity contribution in [3.8, 4) is 0 Å². The van der Waals surface area contributed by atoms with Crippen molar-refractivity contribution in [2.75, 3.05) is 20.1 Å². The van der Waals surface area contributed by atoms with Crippen LogP contribution in [0.1, 0.15) is 109 Å². The van der Waals surface area contributed by atoms with Gasteiger partial charge in [0, 0.05) is 58.2 Å². The van der Waals surface area contributed by atoms with E-state index in [1.807, 2.05) is 7.05 Å². The van der Waals surface area contributed by atoms with E-state index < -0.39 is 41.3 Å². The number of ether oxygens (including phenoxy) is 1. The Morgan fingerprint density at radius 2 is 1.07 bits per heavy atom. The van der Waals surface area contributed by atoms with E-state index in [2.05, 4.69) is 25.5 Å². The fraction of sp³-hybridized carbons (Fsp3) is 0.310. The van der Waals surface area contributed by atoms with Gasteiger partial charge in [0.1, 0.15) is 38.6 Å². The molecule has 2 aliphatic rings. The quantitative estimate of drug-likeness (QED) is 0.142. The van der Waals surface area contributed by atoms with Crippen LogP contribution in [0.2, 0.25) is 0 Å². The number of ketones is 2. The second-order valence-corrected chi connectivity index (χ2v) is 17.1. The largest absolute Gasteiger partial charge is 0.444 e. The average Bonchev–Trinajstić information content (AvgIpc) is 4.01. The van der Waals surface area contributed by atoms with Crippen LogP contribution in [0.5, 0.6) is 0 Å². The molecule has 4 heterocycles. The van der Waals surface area contributed by atoms with Gasteiger partial charge in [0.2, 0.25) is 11.6 Å². The predicted octanol–water partition coefficient (Wildman–Crippen LogP) is 7.00. The lowest BCUT2D eigenvalue weighted by molar-refractivity contribution is 0.0220. The van der Waals surface area contributed by atoms with E-state index in [1.165, 1.54) is 76.1 Å². The van der Waals surface area contributed by atoms with Crippen LogP contribution < -0.4 is 10.6 Å². The van der Waals surface area contributed by atoms with E-state index in [0.717, 1.165) is 5.01 Å². The molecule has 4 atom stereocenters. The van der Waals surface area contributed by atoms with Crippen molar-refractivity contribution in [2.24, 2.45) is 0 Å². The third-order valence-electron chi connectivity index (χ3n) is 9.85. The Morgan fingerprint density at radius 3 is 1.53 bits per heavy atom. The van der Waals surface area contributed by atoms with Crippen LogP contribution in [0, 0.1) is 11.6 Å². The Bertz CT molecular complexity index is 2340. The summed E-state index contributed by atoms with van der Waals surface area (Å²) in [6.45, 7) is 5.97. The minimum Gasteiger partial charge on any atom is -0.444 e. The first-order valence-corrected chi connectivity index (χ1v) is 20.3. The van der Waals surface area contributed by atoms with E-state index in [0.29, 0.717) is 41.1 Å². The van der Waals surface area contributed by atoms with Crippen molar-refractivity contribution in [1.82, 2.24) is 30.4 Å². The van der Waals surface area contributed by atoms with Crippen molar-refractivity contribution < 1.29 is 37.5 Å². The Hall–Kier alpha value is -5.71. The minimum absolute atomic E-state index is 0.112. The minimum atomic E-state index is -0.779. The highest BCUT2D eigenvalue weighted by Gasteiger charge is 2.41. The smallest absolute Gasteiger partial charge is 0.410 e. The van der Waals surface area contributed by atoms with Gasteiger partial charge in [-0.2, -0.15) is 0 Å². The molecule has 3 aromatic carbocycles. The molecule has 5 aromatic rings. The average molecular weight is 827 g/mol. The van der Waals surface area contributed by atoms with Gasteiger partial charge in [0.05, 0.1) is 12.1 Å². The Morgan fingerprint density at radius 1 is 0.655 bits per heavy atom. The summed E-state index contributed by atoms with van der Waals surface area (Å²) in [4.78, 5) is 78.7. The zero-order valence-electron chi connectivity index (χ0n) is 32.0. The van der Waals surface area contributed by atoms with Gasteiger partial charge in [-0.1, -0.05) is 0 Å². The molecule has 7 rings (SSSR count). The molecule has 0 spiro atoms. The molecule has 2 saturated heterocycles. The molecule has 2 aliphatic heterocycles. The van der Waals surface area contributed by atoms with E-state index in [4.69, 9.17) is 4.74 Å². The Balaban J connectivity index is 0.961. The molecule has 4 unspecified atom stereocenters. The predicted molar refractivity (Wildman–Crippen MR) is 213 cm³/mol. The van der Waals surface area contributed by atoms with Crippen molar-refractivity contribution in [2.45, 2.75) is 63.4 Å². The maximum atomic E-state index is 13.5. The maximum absolute atomic E-state index is 13.5. The number of nitrogens with zero attached hydrogens (tertiary/aromatic N) is 4. The summed E-state index contributed by atoms with van der Waals surface area (Å²) < 4.78 is 32.4. The van der Waals surface area contributed by atoms with Crippen LogP contribution in [0.3, 0.4) is 0 Å². The van der Waals surface area contributed by atoms with Crippen LogP contribution in [-0.2, 0) is 4.74 Å². The molecule has 2 aromatic heterocycles. The zero-order chi connectivity index (χ0) is 41.3. The third kappa shape index (κ3) is 9.19. The van der Waals surface area contributed by atoms with E-state index in [-0.39, 0.29) is 53.1 Å². The lowest BCUT2D eigenvalue weighted by Gasteiger charge is -2.27. The van der Waals surface area contributed by atoms with Gasteiger partial charge in [-0.3, -0.25) is 29.0 Å². The molecule has 58 heavy (non-hydrogen) atoms. The first-order chi connectivity index (χ1) is 27.6. The number of nitrogens with one attached hydrogen (secondary N) is 2. The van der Waals surface area contributed by atoms with Crippen molar-refractivity contribution in [3.05, 3.63) is 139 Å². The molecule has 0 radical (unpaired) electrons. The highest BCUT2D eigenvalue weighted by molar-refractivity contribution is 7.10. The molecule has 0 bridgehead atoms. The number of hydrogen-bond acceptors (Lipinski definition) is 11. The highest BCUT2D eigenvalue weighted by atomic mass is 32.1. The molecule has 12 nitrogen and oxygen atoms in total. The Kier molecular flexibility index (Phi) is 11.6. The summed E-state index contributed by atoms with van der Waals surface area (Å²) in [7, 11) is 1.93. The summed E-state index contributed by atoms with van der Waals surface area (Å²) >= 11 is 2.58. The number of likely N-dealkylation sites (N-methyl/N-ethyl adjacent to an activating group) is 1. The fourth-order valence-corrected chi connectivity index (χ4v) is 8.89. The first kappa shape index (κ1) is 40.5. The summed E-state index contributed by atoms with van der Waals surface area (Å²) in [6, 6.07) is 15.4. The van der Waals surface area contributed by atoms with Gasteiger partial charge in [0.15, 0.2) is 0 Å². The Labute approximate surface area is 341 Å². The number of rotatable bonds is 10. The monoisotopic (exact) mass is 826 g/mol. The number of halogens is 2. The summed E-state index contributed by atoms with van der Waals surface area (Å²) in [6.07, 6.45) is 0.308. The van der Waals surface area contributed by atoms with Gasteiger partial charge in [-0.25, -0.2) is 23.5 Å². The molecule has 3 amide bonds. The van der Waals surface area contributed by atoms with Gasteiger partial charge in [-0.15, -0.1) is 22.7 Å². The summed E-state index contributed by atoms with van der Waals surface area (Å²) in [5.74, 6) is -2.25. The lowest BCUT2D eigenvalue weighted by Crippen LogP contribution is -2.40. The van der Waals surface area contributed by atoms with Gasteiger partial charge in [0.25, 0.3) is 11.8 Å². The van der Waals surface area contributed by atoms with Crippen LogP contribution in [0.4, 0.5) is 13.6 Å². The first-order valence-electron chi connectivity index (χ1n) is 18.5. The number of hydrogen-bond donors (Lipinski definition) is 2. The number of thiazole rings is 2. The van der Waals surface area contributed by atoms with Crippen molar-refractivity contribution in [3.63, 3.8) is 0 Å². The number of amides is 3. The summed E-state index contributed by atoms with van der Waals surface area (Å²) in [5, 5.41) is 10.6. The second-order valence-electron chi connectivity index (χ2n) is 15.3. The van der Waals surface area contributed by atoms with Crippen LogP contribution in [0.15, 0.2) is 83.6 Å². The molecular weight excluding hydrogens is 787 g/mol. The van der Waals surface area contributed by atoms with Crippen LogP contribution >= 0.6 is 22.7 Å². The van der Waals surface area contributed by atoms with Crippen LogP contribution in [0.25, 0.3) is 0 Å². The number of carbonyl (C=O) groups is 5. The van der Waals surface area contributed by atoms with Crippen molar-refractivity contribution >= 4 is 52.1 Å². The molecule has 300 valence electrons. The maximum Gasteiger partial charge on any atom is 0.410 e. The third-order valence-corrected chi connectivity index (χ3v) is 11.7. The number of aromatic nitrogens is 2. The van der Waals surface area contributed by atoms with Gasteiger partial charge >= 0.3 is 6.09 Å². The molecule has 2 N–H and O–H groups in total. The number of carbonyl (C=O) groups excluding carboxylic acids is 5. The second kappa shape index (κ2) is 16.6. The molecule has 16 heteroatoms. The van der Waals surface area contributed by atoms with E-state index >= 15 is 0 Å². The zero-order valence-corrected chi connectivity index (χ0v) is 33.7. The van der Waals surface area contributed by atoms with Crippen LogP contribution in [-0.4, -0.2) is 87.1 Å². The SMILES string of the molecule is CN1CC(NC(=O)c2ccc(C(=O)NC3CC(c4nc(C(=O)c5ccc(F)cc5)cs4)N(C(=O)OC(C)(C)C)C3)cc2)CC1c1nc(C(=O)c2ccc(F)cc2)cs1. The van der Waals surface area contributed by atoms with E-state index in [1.54, 1.807) is 55.8 Å². The van der Waals surface area contributed by atoms with Gasteiger partial charge in [-0.05, 0) is 113 Å². The van der Waals surface area contributed by atoms with E-state index in [9.17, 15) is 32.8 Å². The lowest BCUT2D eigenvalue weighted by atomic mass is 10.1. The summed E-state index contributed by atoms with van der Waals surface area (Å²) in [5.41, 5.74) is 0.998. The highest BCUT2D eigenvalue weighted by Crippen LogP contribution is 2.36. The van der Waals surface area contributed by atoms with Crippen molar-refractivity contribution in [1.29, 1.82) is 0 Å². The topological polar surface area (TPSA) is 151 Å². The standard InChI is InChI=1S/C42H40F2N6O6S2/c1-42(2,3)56-41(55)50-20-30(18-34(50)40-48-32(22-58-40)36(52)24-11-15-28(44)16-12-24)46-38(54)26-7-5-25(6-8-26)37(53)45-29-17-33(49(4)19-29)39-47-31(21-57-39)35(51)23-9-13-27(43)14-10-23/h5-16,21-22,29-30,33-34H,17-20H2,1-4H3,(H,45,53)(H,46,54). The molecule has 2 fully saturated rings. The van der Waals surface area contributed by atoms with Gasteiger partial charge < -0.3 is 15.4 Å². The number of likely N-dealkylation sites (tertiary alicyclic amines) is 2.